The van der Waals surface area contributed by atoms with Crippen molar-refractivity contribution in [1.29, 1.82) is 0 Å². The molecule has 1 aromatic rings. The minimum Gasteiger partial charge on any atom is -0.379 e. The average molecular weight is 243 g/mol. The van der Waals surface area contributed by atoms with Crippen LogP contribution in [0.15, 0.2) is 12.1 Å². The summed E-state index contributed by atoms with van der Waals surface area (Å²) in [4.78, 5) is 2.48. The molecule has 2 unspecified atom stereocenters. The molecule has 1 rings (SSSR count). The third-order valence-electron chi connectivity index (χ3n) is 2.25. The molecule has 92 valence electrons. The van der Waals surface area contributed by atoms with E-state index < -0.39 is 0 Å². The van der Waals surface area contributed by atoms with Gasteiger partial charge in [-0.05, 0) is 32.9 Å². The van der Waals surface area contributed by atoms with Crippen LogP contribution < -0.4 is 5.73 Å². The van der Waals surface area contributed by atoms with Gasteiger partial charge in [0.15, 0.2) is 0 Å². The fourth-order valence-corrected chi connectivity index (χ4v) is 2.52. The highest BCUT2D eigenvalue weighted by Gasteiger charge is 2.18. The summed E-state index contributed by atoms with van der Waals surface area (Å²) in [6.07, 6.45) is -0.0147. The Morgan fingerprint density at radius 3 is 2.62 bits per heavy atom. The standard InChI is InChI=1S/C12H21NO2S/c1-4-14-7-8-15-12(10(3)13)11-6-5-9(2)16-11/h5-6,10,12H,4,7-8,13H2,1-3H3. The Morgan fingerprint density at radius 2 is 2.12 bits per heavy atom. The Labute approximate surface area is 102 Å². The summed E-state index contributed by atoms with van der Waals surface area (Å²) in [5, 5.41) is 0. The van der Waals surface area contributed by atoms with E-state index in [9.17, 15) is 0 Å². The molecular formula is C12H21NO2S. The number of hydrogen-bond donors (Lipinski definition) is 1. The maximum Gasteiger partial charge on any atom is 0.106 e. The van der Waals surface area contributed by atoms with Crippen molar-refractivity contribution in [2.24, 2.45) is 5.73 Å². The third kappa shape index (κ3) is 4.22. The molecule has 4 heteroatoms. The lowest BCUT2D eigenvalue weighted by Crippen LogP contribution is -2.27. The lowest BCUT2D eigenvalue weighted by molar-refractivity contribution is -0.000814. The number of nitrogens with two attached hydrogens (primary N) is 1. The van der Waals surface area contributed by atoms with Gasteiger partial charge in [-0.1, -0.05) is 0 Å². The van der Waals surface area contributed by atoms with Crippen molar-refractivity contribution < 1.29 is 9.47 Å². The number of rotatable bonds is 7. The quantitative estimate of drug-likeness (QED) is 0.748. The molecule has 3 nitrogen and oxygen atoms in total. The maximum absolute atomic E-state index is 5.93. The Balaban J connectivity index is 2.48. The molecule has 0 aromatic carbocycles. The molecule has 1 heterocycles. The molecule has 0 aliphatic carbocycles. The van der Waals surface area contributed by atoms with E-state index in [2.05, 4.69) is 19.1 Å². The molecule has 0 bridgehead atoms. The second-order valence-corrected chi connectivity index (χ2v) is 5.12. The topological polar surface area (TPSA) is 44.5 Å². The minimum absolute atomic E-state index is 0.000300. The Bertz CT molecular complexity index is 299. The van der Waals surface area contributed by atoms with Crippen LogP contribution in [-0.4, -0.2) is 25.9 Å². The van der Waals surface area contributed by atoms with Crippen molar-refractivity contribution in [3.8, 4) is 0 Å². The van der Waals surface area contributed by atoms with E-state index in [4.69, 9.17) is 15.2 Å². The van der Waals surface area contributed by atoms with Gasteiger partial charge in [0.1, 0.15) is 6.10 Å². The molecule has 0 fully saturated rings. The summed E-state index contributed by atoms with van der Waals surface area (Å²) in [5.41, 5.74) is 5.93. The summed E-state index contributed by atoms with van der Waals surface area (Å²) in [6, 6.07) is 4.19. The van der Waals surface area contributed by atoms with Crippen molar-refractivity contribution in [3.05, 3.63) is 21.9 Å². The summed E-state index contributed by atoms with van der Waals surface area (Å²) < 4.78 is 11.0. The molecule has 16 heavy (non-hydrogen) atoms. The van der Waals surface area contributed by atoms with Gasteiger partial charge in [-0.2, -0.15) is 0 Å². The molecule has 2 atom stereocenters. The van der Waals surface area contributed by atoms with Crippen LogP contribution in [0.25, 0.3) is 0 Å². The molecule has 2 N–H and O–H groups in total. The molecule has 0 saturated heterocycles. The van der Waals surface area contributed by atoms with Gasteiger partial charge in [-0.3, -0.25) is 0 Å². The van der Waals surface area contributed by atoms with Gasteiger partial charge in [0, 0.05) is 22.4 Å². The van der Waals surface area contributed by atoms with Crippen LogP contribution in [0.5, 0.6) is 0 Å². The SMILES string of the molecule is CCOCCOC(c1ccc(C)s1)C(C)N. The smallest absolute Gasteiger partial charge is 0.106 e. The van der Waals surface area contributed by atoms with Crippen LogP contribution in [0.1, 0.15) is 29.7 Å². The lowest BCUT2D eigenvalue weighted by atomic mass is 10.1. The van der Waals surface area contributed by atoms with Crippen LogP contribution in [0.3, 0.4) is 0 Å². The maximum atomic E-state index is 5.93. The second-order valence-electron chi connectivity index (χ2n) is 3.80. The molecule has 0 radical (unpaired) electrons. The van der Waals surface area contributed by atoms with Gasteiger partial charge in [0.25, 0.3) is 0 Å². The highest BCUT2D eigenvalue weighted by Crippen LogP contribution is 2.27. The van der Waals surface area contributed by atoms with E-state index in [0.29, 0.717) is 13.2 Å². The number of thiophene rings is 1. The van der Waals surface area contributed by atoms with Crippen LogP contribution in [-0.2, 0) is 9.47 Å². The van der Waals surface area contributed by atoms with Crippen LogP contribution in [0.2, 0.25) is 0 Å². The summed E-state index contributed by atoms with van der Waals surface area (Å²) in [6.45, 7) is 7.99. The van der Waals surface area contributed by atoms with E-state index >= 15 is 0 Å². The van der Waals surface area contributed by atoms with E-state index in [-0.39, 0.29) is 12.1 Å². The van der Waals surface area contributed by atoms with Gasteiger partial charge in [0.05, 0.1) is 13.2 Å². The Kier molecular flexibility index (Phi) is 5.98. The second kappa shape index (κ2) is 7.01. The Hall–Kier alpha value is -0.420. The average Bonchev–Trinajstić information content (AvgIpc) is 2.64. The van der Waals surface area contributed by atoms with E-state index in [1.54, 1.807) is 11.3 Å². The van der Waals surface area contributed by atoms with Crippen molar-refractivity contribution in [2.45, 2.75) is 32.9 Å². The van der Waals surface area contributed by atoms with Crippen molar-refractivity contribution in [2.75, 3.05) is 19.8 Å². The van der Waals surface area contributed by atoms with Crippen LogP contribution >= 0.6 is 11.3 Å². The summed E-state index contributed by atoms with van der Waals surface area (Å²) in [5.74, 6) is 0. The van der Waals surface area contributed by atoms with Crippen LogP contribution in [0, 0.1) is 6.92 Å². The molecule has 0 saturated carbocycles. The number of aryl methyl sites for hydroxylation is 1. The van der Waals surface area contributed by atoms with Crippen molar-refractivity contribution in [1.82, 2.24) is 0 Å². The fraction of sp³-hybridized carbons (Fsp3) is 0.667. The highest BCUT2D eigenvalue weighted by molar-refractivity contribution is 7.12. The highest BCUT2D eigenvalue weighted by atomic mass is 32.1. The van der Waals surface area contributed by atoms with Gasteiger partial charge in [-0.15, -0.1) is 11.3 Å². The van der Waals surface area contributed by atoms with Crippen molar-refractivity contribution >= 4 is 11.3 Å². The third-order valence-corrected chi connectivity index (χ3v) is 3.31. The normalized spacial score (nSPS) is 15.0. The lowest BCUT2D eigenvalue weighted by Gasteiger charge is -2.20. The first-order valence-corrected chi connectivity index (χ1v) is 6.48. The first-order chi connectivity index (χ1) is 7.65. The fourth-order valence-electron chi connectivity index (χ4n) is 1.48. The minimum atomic E-state index is -0.0147. The zero-order chi connectivity index (χ0) is 12.0. The predicted molar refractivity (Wildman–Crippen MR) is 67.9 cm³/mol. The van der Waals surface area contributed by atoms with Crippen LogP contribution in [0.4, 0.5) is 0 Å². The molecular weight excluding hydrogens is 222 g/mol. The summed E-state index contributed by atoms with van der Waals surface area (Å²) >= 11 is 1.74. The zero-order valence-corrected chi connectivity index (χ0v) is 11.0. The zero-order valence-electron chi connectivity index (χ0n) is 10.2. The molecule has 0 aliphatic heterocycles. The molecule has 0 spiro atoms. The van der Waals surface area contributed by atoms with E-state index in [1.807, 2.05) is 13.8 Å². The predicted octanol–water partition coefficient (Wildman–Crippen LogP) is 2.50. The van der Waals surface area contributed by atoms with Gasteiger partial charge in [-0.25, -0.2) is 0 Å². The molecule has 0 amide bonds. The molecule has 1 aromatic heterocycles. The summed E-state index contributed by atoms with van der Waals surface area (Å²) in [7, 11) is 0. The monoisotopic (exact) mass is 243 g/mol. The van der Waals surface area contributed by atoms with E-state index in [1.165, 1.54) is 9.75 Å². The first kappa shape index (κ1) is 13.6. The van der Waals surface area contributed by atoms with E-state index in [0.717, 1.165) is 6.61 Å². The van der Waals surface area contributed by atoms with Gasteiger partial charge >= 0.3 is 0 Å². The number of ether oxygens (including phenoxy) is 2. The molecule has 0 aliphatic rings. The Morgan fingerprint density at radius 1 is 1.38 bits per heavy atom. The number of hydrogen-bond acceptors (Lipinski definition) is 4. The van der Waals surface area contributed by atoms with Crippen molar-refractivity contribution in [3.63, 3.8) is 0 Å². The largest absolute Gasteiger partial charge is 0.379 e. The first-order valence-electron chi connectivity index (χ1n) is 5.66. The van der Waals surface area contributed by atoms with Gasteiger partial charge in [0.2, 0.25) is 0 Å². The van der Waals surface area contributed by atoms with Gasteiger partial charge < -0.3 is 15.2 Å².